The van der Waals surface area contributed by atoms with Crippen LogP contribution in [-0.2, 0) is 10.8 Å². The van der Waals surface area contributed by atoms with E-state index in [0.717, 1.165) is 22.2 Å². The van der Waals surface area contributed by atoms with Crippen molar-refractivity contribution >= 4 is 16.5 Å². The lowest BCUT2D eigenvalue weighted by Crippen LogP contribution is -2.17. The molecule has 0 aliphatic carbocycles. The lowest BCUT2D eigenvalue weighted by Gasteiger charge is -2.27. The molecule has 3 aromatic carbocycles. The molecule has 2 nitrogen and oxygen atoms in total. The van der Waals surface area contributed by atoms with Crippen molar-refractivity contribution in [2.75, 3.05) is 5.73 Å². The third-order valence-corrected chi connectivity index (χ3v) is 4.69. The van der Waals surface area contributed by atoms with E-state index in [1.54, 1.807) is 0 Å². The zero-order valence-electron chi connectivity index (χ0n) is 17.7. The maximum atomic E-state index is 10.4. The SMILES string of the molecule is Cc1cc(C(C)(C)C)c(O)c(C(C)(C)C)c1.Nc1cccc2ccccc12. The molecular weight excluding hydrogens is 330 g/mol. The zero-order valence-corrected chi connectivity index (χ0v) is 17.7. The van der Waals surface area contributed by atoms with Crippen LogP contribution >= 0.6 is 0 Å². The number of hydrogen-bond acceptors (Lipinski definition) is 2. The zero-order chi connectivity index (χ0) is 20.4. The van der Waals surface area contributed by atoms with E-state index in [9.17, 15) is 5.11 Å². The Hall–Kier alpha value is -2.48. The minimum atomic E-state index is -0.0178. The monoisotopic (exact) mass is 363 g/mol. The van der Waals surface area contributed by atoms with Crippen LogP contribution in [-0.4, -0.2) is 5.11 Å². The van der Waals surface area contributed by atoms with Crippen LogP contribution in [0, 0.1) is 6.92 Å². The van der Waals surface area contributed by atoms with Crippen LogP contribution in [0.2, 0.25) is 0 Å². The highest BCUT2D eigenvalue weighted by atomic mass is 16.3. The minimum absolute atomic E-state index is 0.0178. The van der Waals surface area contributed by atoms with Gasteiger partial charge in [-0.25, -0.2) is 0 Å². The summed E-state index contributed by atoms with van der Waals surface area (Å²) in [6.07, 6.45) is 0. The van der Waals surface area contributed by atoms with E-state index in [0.29, 0.717) is 5.75 Å². The molecular formula is C25H33NO. The summed E-state index contributed by atoms with van der Waals surface area (Å²) in [6.45, 7) is 14.9. The number of nitrogens with two attached hydrogens (primary N) is 1. The second-order valence-electron chi connectivity index (χ2n) is 9.28. The van der Waals surface area contributed by atoms with Crippen molar-refractivity contribution in [3.8, 4) is 5.75 Å². The van der Waals surface area contributed by atoms with Crippen molar-refractivity contribution in [1.82, 2.24) is 0 Å². The normalized spacial score (nSPS) is 11.8. The van der Waals surface area contributed by atoms with Crippen LogP contribution in [0.1, 0.15) is 58.2 Å². The van der Waals surface area contributed by atoms with Crippen molar-refractivity contribution in [3.05, 3.63) is 71.3 Å². The summed E-state index contributed by atoms with van der Waals surface area (Å²) in [5.41, 5.74) is 9.86. The number of phenols is 1. The van der Waals surface area contributed by atoms with Crippen LogP contribution in [0.5, 0.6) is 5.75 Å². The number of benzene rings is 3. The largest absolute Gasteiger partial charge is 0.507 e. The summed E-state index contributed by atoms with van der Waals surface area (Å²) in [6, 6.07) is 18.2. The molecule has 0 atom stereocenters. The van der Waals surface area contributed by atoms with Gasteiger partial charge in [0.1, 0.15) is 5.75 Å². The Morgan fingerprint density at radius 1 is 0.741 bits per heavy atom. The molecule has 2 heteroatoms. The maximum Gasteiger partial charge on any atom is 0.123 e. The molecule has 0 radical (unpaired) electrons. The van der Waals surface area contributed by atoms with Gasteiger partial charge in [0.25, 0.3) is 0 Å². The number of aryl methyl sites for hydroxylation is 1. The fourth-order valence-corrected chi connectivity index (χ4v) is 3.17. The summed E-state index contributed by atoms with van der Waals surface area (Å²) in [7, 11) is 0. The van der Waals surface area contributed by atoms with Crippen molar-refractivity contribution in [3.63, 3.8) is 0 Å². The fourth-order valence-electron chi connectivity index (χ4n) is 3.17. The van der Waals surface area contributed by atoms with Crippen LogP contribution in [0.25, 0.3) is 10.8 Å². The van der Waals surface area contributed by atoms with Gasteiger partial charge in [0.15, 0.2) is 0 Å². The summed E-state index contributed by atoms with van der Waals surface area (Å²) in [4.78, 5) is 0. The van der Waals surface area contributed by atoms with E-state index in [1.807, 2.05) is 30.3 Å². The number of aromatic hydroxyl groups is 1. The number of rotatable bonds is 0. The number of phenolic OH excluding ortho intramolecular Hbond substituents is 1. The van der Waals surface area contributed by atoms with Crippen molar-refractivity contribution in [2.45, 2.75) is 59.3 Å². The standard InChI is InChI=1S/C15H24O.C10H9N/c1-10-8-11(14(2,3)4)13(16)12(9-10)15(5,6)7;11-10-7-3-5-8-4-1-2-6-9(8)10/h8-9,16H,1-7H3;1-7H,11H2. The van der Waals surface area contributed by atoms with Crippen LogP contribution in [0.3, 0.4) is 0 Å². The first-order chi connectivity index (χ1) is 12.4. The van der Waals surface area contributed by atoms with Gasteiger partial charge in [-0.2, -0.15) is 0 Å². The number of hydrogen-bond donors (Lipinski definition) is 2. The van der Waals surface area contributed by atoms with Gasteiger partial charge < -0.3 is 10.8 Å². The third-order valence-electron chi connectivity index (χ3n) is 4.69. The quantitative estimate of drug-likeness (QED) is 0.436. The number of anilines is 1. The molecule has 0 spiro atoms. The highest BCUT2D eigenvalue weighted by Gasteiger charge is 2.25. The van der Waals surface area contributed by atoms with Crippen LogP contribution < -0.4 is 5.73 Å². The Morgan fingerprint density at radius 2 is 1.22 bits per heavy atom. The van der Waals surface area contributed by atoms with Crippen molar-refractivity contribution in [1.29, 1.82) is 0 Å². The molecule has 27 heavy (non-hydrogen) atoms. The van der Waals surface area contributed by atoms with Gasteiger partial charge in [-0.3, -0.25) is 0 Å². The lowest BCUT2D eigenvalue weighted by atomic mass is 9.78. The van der Waals surface area contributed by atoms with E-state index < -0.39 is 0 Å². The molecule has 144 valence electrons. The van der Waals surface area contributed by atoms with Gasteiger partial charge >= 0.3 is 0 Å². The Labute approximate surface area is 164 Å². The van der Waals surface area contributed by atoms with Gasteiger partial charge in [-0.05, 0) is 40.3 Å². The average Bonchev–Trinajstić information content (AvgIpc) is 2.56. The molecule has 0 aliphatic heterocycles. The summed E-state index contributed by atoms with van der Waals surface area (Å²) < 4.78 is 0. The van der Waals surface area contributed by atoms with E-state index in [2.05, 4.69) is 72.7 Å². The molecule has 0 fully saturated rings. The molecule has 3 rings (SSSR count). The molecule has 3 N–H and O–H groups in total. The molecule has 0 aromatic heterocycles. The maximum absolute atomic E-state index is 10.4. The molecule has 0 saturated heterocycles. The average molecular weight is 364 g/mol. The molecule has 0 aliphatic rings. The first-order valence-electron chi connectivity index (χ1n) is 9.49. The predicted molar refractivity (Wildman–Crippen MR) is 119 cm³/mol. The lowest BCUT2D eigenvalue weighted by molar-refractivity contribution is 0.423. The smallest absolute Gasteiger partial charge is 0.123 e. The van der Waals surface area contributed by atoms with E-state index >= 15 is 0 Å². The predicted octanol–water partition coefficient (Wildman–Crippen LogP) is 6.72. The van der Waals surface area contributed by atoms with Gasteiger partial charge in [-0.1, -0.05) is 95.6 Å². The summed E-state index contributed by atoms with van der Waals surface area (Å²) in [5, 5.41) is 12.7. The Bertz CT molecular complexity index is 887. The van der Waals surface area contributed by atoms with E-state index in [1.165, 1.54) is 10.9 Å². The molecule has 0 saturated carbocycles. The molecule has 0 amide bonds. The van der Waals surface area contributed by atoms with Crippen LogP contribution in [0.15, 0.2) is 54.6 Å². The second-order valence-corrected chi connectivity index (χ2v) is 9.28. The Balaban J connectivity index is 0.000000206. The molecule has 3 aromatic rings. The second kappa shape index (κ2) is 7.64. The first kappa shape index (κ1) is 20.8. The van der Waals surface area contributed by atoms with Crippen molar-refractivity contribution in [2.24, 2.45) is 0 Å². The highest BCUT2D eigenvalue weighted by Crippen LogP contribution is 2.39. The van der Waals surface area contributed by atoms with Gasteiger partial charge in [0.05, 0.1) is 0 Å². The molecule has 0 bridgehead atoms. The fraction of sp³-hybridized carbons (Fsp3) is 0.360. The van der Waals surface area contributed by atoms with Gasteiger partial charge in [0.2, 0.25) is 0 Å². The summed E-state index contributed by atoms with van der Waals surface area (Å²) >= 11 is 0. The van der Waals surface area contributed by atoms with E-state index in [4.69, 9.17) is 5.73 Å². The summed E-state index contributed by atoms with van der Waals surface area (Å²) in [5.74, 6) is 0.464. The van der Waals surface area contributed by atoms with Crippen molar-refractivity contribution < 1.29 is 5.11 Å². The highest BCUT2D eigenvalue weighted by molar-refractivity contribution is 5.92. The third kappa shape index (κ3) is 5.03. The van der Waals surface area contributed by atoms with Gasteiger partial charge in [0, 0.05) is 11.1 Å². The Morgan fingerprint density at radius 3 is 1.70 bits per heavy atom. The van der Waals surface area contributed by atoms with E-state index in [-0.39, 0.29) is 10.8 Å². The minimum Gasteiger partial charge on any atom is -0.507 e. The van der Waals surface area contributed by atoms with Gasteiger partial charge in [-0.15, -0.1) is 0 Å². The van der Waals surface area contributed by atoms with Crippen LogP contribution in [0.4, 0.5) is 5.69 Å². The first-order valence-corrected chi connectivity index (χ1v) is 9.49. The molecule has 0 unspecified atom stereocenters. The number of fused-ring (bicyclic) bond motifs is 1. The Kier molecular flexibility index (Phi) is 5.89. The number of nitrogen functional groups attached to an aromatic ring is 1. The molecule has 0 heterocycles. The topological polar surface area (TPSA) is 46.2 Å².